The number of urea groups is 1. The molecule has 4 heteroatoms. The van der Waals surface area contributed by atoms with Crippen molar-refractivity contribution in [1.82, 2.24) is 10.2 Å². The number of carbonyl (C=O) groups excluding carboxylic acids is 1. The topological polar surface area (TPSA) is 41.6 Å². The van der Waals surface area contributed by atoms with Crippen LogP contribution >= 0.6 is 0 Å². The molecule has 0 bridgehead atoms. The fourth-order valence-corrected chi connectivity index (χ4v) is 1.84. The molecule has 1 saturated heterocycles. The Labute approximate surface area is 84.6 Å². The van der Waals surface area contributed by atoms with Gasteiger partial charge in [0.2, 0.25) is 0 Å². The highest BCUT2D eigenvalue weighted by Crippen LogP contribution is 2.19. The van der Waals surface area contributed by atoms with Crippen LogP contribution in [0.25, 0.3) is 0 Å². The normalized spacial score (nSPS) is 32.9. The summed E-state index contributed by atoms with van der Waals surface area (Å²) in [6.07, 6.45) is 2.59. The molecule has 80 valence electrons. The Kier molecular flexibility index (Phi) is 2.63. The predicted molar refractivity (Wildman–Crippen MR) is 53.1 cm³/mol. The number of nitrogens with one attached hydrogen (secondary N) is 1. The van der Waals surface area contributed by atoms with E-state index < -0.39 is 0 Å². The summed E-state index contributed by atoms with van der Waals surface area (Å²) in [5, 5.41) is 3.00. The van der Waals surface area contributed by atoms with Crippen LogP contribution in [0.15, 0.2) is 0 Å². The Morgan fingerprint density at radius 2 is 1.86 bits per heavy atom. The van der Waals surface area contributed by atoms with Gasteiger partial charge in [-0.3, -0.25) is 0 Å². The van der Waals surface area contributed by atoms with E-state index in [0.29, 0.717) is 19.1 Å². The van der Waals surface area contributed by atoms with Gasteiger partial charge in [-0.15, -0.1) is 0 Å². The zero-order valence-corrected chi connectivity index (χ0v) is 8.82. The van der Waals surface area contributed by atoms with Crippen LogP contribution in [-0.4, -0.2) is 42.3 Å². The molecule has 0 aromatic carbocycles. The van der Waals surface area contributed by atoms with Crippen LogP contribution in [0.5, 0.6) is 0 Å². The first-order valence-corrected chi connectivity index (χ1v) is 5.36. The summed E-state index contributed by atoms with van der Waals surface area (Å²) < 4.78 is 5.57. The Balaban J connectivity index is 1.85. The third-order valence-corrected chi connectivity index (χ3v) is 2.61. The van der Waals surface area contributed by atoms with Crippen molar-refractivity contribution in [3.05, 3.63) is 0 Å². The largest absolute Gasteiger partial charge is 0.372 e. The molecule has 0 spiro atoms. The fourth-order valence-electron chi connectivity index (χ4n) is 1.84. The molecule has 1 N–H and O–H groups in total. The van der Waals surface area contributed by atoms with Gasteiger partial charge in [0.15, 0.2) is 0 Å². The van der Waals surface area contributed by atoms with Crippen molar-refractivity contribution >= 4 is 6.03 Å². The zero-order chi connectivity index (χ0) is 10.1. The average molecular weight is 198 g/mol. The van der Waals surface area contributed by atoms with Gasteiger partial charge in [-0.2, -0.15) is 0 Å². The van der Waals surface area contributed by atoms with Crippen LogP contribution in [0.4, 0.5) is 4.79 Å². The van der Waals surface area contributed by atoms with E-state index in [1.54, 1.807) is 0 Å². The third kappa shape index (κ3) is 2.38. The molecule has 2 rings (SSSR count). The molecule has 0 radical (unpaired) electrons. The van der Waals surface area contributed by atoms with Crippen LogP contribution < -0.4 is 5.32 Å². The molecule has 1 aliphatic carbocycles. The Morgan fingerprint density at radius 1 is 1.29 bits per heavy atom. The predicted octanol–water partition coefficient (Wildman–Crippen LogP) is 0.968. The molecule has 2 unspecified atom stereocenters. The first kappa shape index (κ1) is 9.77. The average Bonchev–Trinajstić information content (AvgIpc) is 2.86. The number of hydrogen-bond donors (Lipinski definition) is 1. The number of hydrogen-bond acceptors (Lipinski definition) is 2. The van der Waals surface area contributed by atoms with Crippen molar-refractivity contribution in [2.45, 2.75) is 44.9 Å². The molecule has 2 fully saturated rings. The molecule has 0 aromatic rings. The number of rotatable bonds is 1. The van der Waals surface area contributed by atoms with Crippen molar-refractivity contribution in [2.24, 2.45) is 0 Å². The molecular formula is C10H18N2O2. The van der Waals surface area contributed by atoms with E-state index in [9.17, 15) is 4.79 Å². The van der Waals surface area contributed by atoms with Gasteiger partial charge in [0, 0.05) is 19.1 Å². The third-order valence-electron chi connectivity index (χ3n) is 2.61. The van der Waals surface area contributed by atoms with E-state index >= 15 is 0 Å². The summed E-state index contributed by atoms with van der Waals surface area (Å²) in [6.45, 7) is 5.44. The molecule has 14 heavy (non-hydrogen) atoms. The molecule has 1 saturated carbocycles. The highest BCUT2D eigenvalue weighted by Gasteiger charge is 2.29. The van der Waals surface area contributed by atoms with Gasteiger partial charge < -0.3 is 15.0 Å². The van der Waals surface area contributed by atoms with E-state index in [0.717, 1.165) is 12.8 Å². The van der Waals surface area contributed by atoms with Gasteiger partial charge in [0.1, 0.15) is 0 Å². The first-order chi connectivity index (χ1) is 6.65. The smallest absolute Gasteiger partial charge is 0.317 e. The lowest BCUT2D eigenvalue weighted by Gasteiger charge is -2.35. The molecule has 1 heterocycles. The summed E-state index contributed by atoms with van der Waals surface area (Å²) >= 11 is 0. The molecule has 1 aliphatic heterocycles. The van der Waals surface area contributed by atoms with Gasteiger partial charge in [-0.05, 0) is 26.7 Å². The second kappa shape index (κ2) is 3.77. The Hall–Kier alpha value is -0.770. The Morgan fingerprint density at radius 3 is 2.36 bits per heavy atom. The molecule has 0 aromatic heterocycles. The van der Waals surface area contributed by atoms with E-state index in [1.165, 1.54) is 0 Å². The monoisotopic (exact) mass is 198 g/mol. The maximum atomic E-state index is 11.7. The van der Waals surface area contributed by atoms with Crippen molar-refractivity contribution in [2.75, 3.05) is 13.1 Å². The molecular weight excluding hydrogens is 180 g/mol. The number of carbonyl (C=O) groups is 1. The minimum atomic E-state index is 0.0782. The van der Waals surface area contributed by atoms with Gasteiger partial charge in [-0.25, -0.2) is 4.79 Å². The number of morpholine rings is 1. The summed E-state index contributed by atoms with van der Waals surface area (Å²) in [4.78, 5) is 13.6. The number of amides is 2. The van der Waals surface area contributed by atoms with E-state index in [4.69, 9.17) is 4.74 Å². The standard InChI is InChI=1S/C10H18N2O2/c1-7-5-12(6-8(2)14-7)10(13)11-9-3-4-9/h7-9H,3-6H2,1-2H3,(H,11,13). The highest BCUT2D eigenvalue weighted by molar-refractivity contribution is 5.75. The Bertz CT molecular complexity index is 218. The molecule has 2 atom stereocenters. The molecule has 2 aliphatic rings. The van der Waals surface area contributed by atoms with E-state index in [1.807, 2.05) is 18.7 Å². The van der Waals surface area contributed by atoms with E-state index in [-0.39, 0.29) is 18.2 Å². The van der Waals surface area contributed by atoms with Gasteiger partial charge in [0.25, 0.3) is 0 Å². The van der Waals surface area contributed by atoms with Crippen LogP contribution in [0.1, 0.15) is 26.7 Å². The van der Waals surface area contributed by atoms with Gasteiger partial charge in [-0.1, -0.05) is 0 Å². The maximum Gasteiger partial charge on any atom is 0.317 e. The lowest BCUT2D eigenvalue weighted by atomic mass is 10.2. The van der Waals surface area contributed by atoms with E-state index in [2.05, 4.69) is 5.32 Å². The SMILES string of the molecule is CC1CN(C(=O)NC2CC2)CC(C)O1. The quantitative estimate of drug-likeness (QED) is 0.682. The molecule has 2 amide bonds. The minimum Gasteiger partial charge on any atom is -0.372 e. The number of nitrogens with zero attached hydrogens (tertiary/aromatic N) is 1. The van der Waals surface area contributed by atoms with Crippen molar-refractivity contribution in [1.29, 1.82) is 0 Å². The van der Waals surface area contributed by atoms with Crippen molar-refractivity contribution in [3.8, 4) is 0 Å². The summed E-state index contributed by atoms with van der Waals surface area (Å²) in [7, 11) is 0. The van der Waals surface area contributed by atoms with Crippen LogP contribution in [0.2, 0.25) is 0 Å². The second-order valence-corrected chi connectivity index (χ2v) is 4.39. The van der Waals surface area contributed by atoms with Gasteiger partial charge >= 0.3 is 6.03 Å². The van der Waals surface area contributed by atoms with Crippen LogP contribution in [0.3, 0.4) is 0 Å². The summed E-state index contributed by atoms with van der Waals surface area (Å²) in [5.41, 5.74) is 0. The highest BCUT2D eigenvalue weighted by atomic mass is 16.5. The molecule has 4 nitrogen and oxygen atoms in total. The summed E-state index contributed by atoms with van der Waals surface area (Å²) in [5.74, 6) is 0. The summed E-state index contributed by atoms with van der Waals surface area (Å²) in [6, 6.07) is 0.519. The van der Waals surface area contributed by atoms with Crippen molar-refractivity contribution in [3.63, 3.8) is 0 Å². The lowest BCUT2D eigenvalue weighted by molar-refractivity contribution is -0.0545. The zero-order valence-electron chi connectivity index (χ0n) is 8.82. The van der Waals surface area contributed by atoms with Crippen molar-refractivity contribution < 1.29 is 9.53 Å². The van der Waals surface area contributed by atoms with Crippen LogP contribution in [0, 0.1) is 0 Å². The first-order valence-electron chi connectivity index (χ1n) is 5.36. The van der Waals surface area contributed by atoms with Crippen LogP contribution in [-0.2, 0) is 4.74 Å². The number of ether oxygens (including phenoxy) is 1. The maximum absolute atomic E-state index is 11.7. The lowest BCUT2D eigenvalue weighted by Crippen LogP contribution is -2.52. The fraction of sp³-hybridized carbons (Fsp3) is 0.900. The minimum absolute atomic E-state index is 0.0782. The van der Waals surface area contributed by atoms with Gasteiger partial charge in [0.05, 0.1) is 12.2 Å². The second-order valence-electron chi connectivity index (χ2n) is 4.39.